The number of alkyl halides is 2. The minimum Gasteiger partial charge on any atom is -0.481 e. The summed E-state index contributed by atoms with van der Waals surface area (Å²) >= 11 is 0. The molecule has 0 bridgehead atoms. The summed E-state index contributed by atoms with van der Waals surface area (Å²) in [6.45, 7) is 1.86. The zero-order chi connectivity index (χ0) is 24.7. The lowest BCUT2D eigenvalue weighted by Gasteiger charge is -2.19. The second-order valence-electron chi connectivity index (χ2n) is 8.46. The smallest absolute Gasteiger partial charge is 0.407 e. The average molecular weight is 475 g/mol. The summed E-state index contributed by atoms with van der Waals surface area (Å²) < 4.78 is 32.1. The topological polar surface area (TPSA) is 105 Å². The molecule has 182 valence electrons. The average Bonchev–Trinajstić information content (AvgIpc) is 3.10. The highest BCUT2D eigenvalue weighted by molar-refractivity contribution is 5.79. The third kappa shape index (κ3) is 6.52. The quantitative estimate of drug-likeness (QED) is 0.454. The highest BCUT2D eigenvalue weighted by Gasteiger charge is 2.30. The highest BCUT2D eigenvalue weighted by Crippen LogP contribution is 2.44. The van der Waals surface area contributed by atoms with Crippen LogP contribution < -0.4 is 10.6 Å². The number of carbonyl (C=O) groups excluding carboxylic acids is 2. The van der Waals surface area contributed by atoms with Gasteiger partial charge in [-0.1, -0.05) is 55.5 Å². The number of ether oxygens (including phenoxy) is 1. The van der Waals surface area contributed by atoms with Gasteiger partial charge in [-0.2, -0.15) is 0 Å². The van der Waals surface area contributed by atoms with Gasteiger partial charge in [-0.25, -0.2) is 13.6 Å². The SMILES string of the molecule is CC(CCNC(=O)CC(NC(=O)OCC1c2ccccc2-c2ccccc21)C(F)F)CC(=O)O. The third-order valence-electron chi connectivity index (χ3n) is 5.84. The molecule has 0 spiro atoms. The number of carbonyl (C=O) groups is 3. The molecule has 2 atom stereocenters. The zero-order valence-corrected chi connectivity index (χ0v) is 18.8. The van der Waals surface area contributed by atoms with Crippen LogP contribution in [0.2, 0.25) is 0 Å². The summed E-state index contributed by atoms with van der Waals surface area (Å²) in [6, 6.07) is 13.8. The van der Waals surface area contributed by atoms with E-state index >= 15 is 0 Å². The summed E-state index contributed by atoms with van der Waals surface area (Å²) in [7, 11) is 0. The van der Waals surface area contributed by atoms with Crippen LogP contribution in [0, 0.1) is 5.92 Å². The molecule has 0 radical (unpaired) electrons. The first-order valence-electron chi connectivity index (χ1n) is 11.1. The number of hydrogen-bond donors (Lipinski definition) is 3. The van der Waals surface area contributed by atoms with Crippen LogP contribution in [-0.2, 0) is 14.3 Å². The number of halogens is 2. The van der Waals surface area contributed by atoms with Crippen molar-refractivity contribution in [1.29, 1.82) is 0 Å². The Kier molecular flexibility index (Phi) is 8.56. The molecule has 7 nitrogen and oxygen atoms in total. The fourth-order valence-corrected chi connectivity index (χ4v) is 4.12. The Balaban J connectivity index is 1.51. The van der Waals surface area contributed by atoms with E-state index in [9.17, 15) is 23.2 Å². The molecule has 2 aromatic rings. The Morgan fingerprint density at radius 1 is 1.00 bits per heavy atom. The molecule has 0 heterocycles. The first-order chi connectivity index (χ1) is 16.3. The van der Waals surface area contributed by atoms with Gasteiger partial charge < -0.3 is 20.5 Å². The van der Waals surface area contributed by atoms with E-state index in [1.165, 1.54) is 0 Å². The van der Waals surface area contributed by atoms with Crippen molar-refractivity contribution in [3.63, 3.8) is 0 Å². The third-order valence-corrected chi connectivity index (χ3v) is 5.84. The molecule has 0 aliphatic heterocycles. The number of fused-ring (bicyclic) bond motifs is 3. The fraction of sp³-hybridized carbons (Fsp3) is 0.400. The first-order valence-corrected chi connectivity index (χ1v) is 11.1. The largest absolute Gasteiger partial charge is 0.481 e. The van der Waals surface area contributed by atoms with Gasteiger partial charge in [0.2, 0.25) is 5.91 Å². The number of alkyl carbamates (subject to hydrolysis) is 1. The number of benzene rings is 2. The molecule has 0 saturated carbocycles. The van der Waals surface area contributed by atoms with Crippen LogP contribution in [0.4, 0.5) is 13.6 Å². The Morgan fingerprint density at radius 3 is 2.15 bits per heavy atom. The van der Waals surface area contributed by atoms with Crippen LogP contribution in [0.15, 0.2) is 48.5 Å². The molecule has 0 aromatic heterocycles. The van der Waals surface area contributed by atoms with Crippen molar-refractivity contribution in [2.24, 2.45) is 5.92 Å². The van der Waals surface area contributed by atoms with E-state index in [0.717, 1.165) is 22.3 Å². The van der Waals surface area contributed by atoms with Crippen molar-refractivity contribution in [3.8, 4) is 11.1 Å². The zero-order valence-electron chi connectivity index (χ0n) is 18.8. The number of aliphatic carboxylic acids is 1. The van der Waals surface area contributed by atoms with Gasteiger partial charge >= 0.3 is 12.1 Å². The molecule has 34 heavy (non-hydrogen) atoms. The molecule has 0 saturated heterocycles. The summed E-state index contributed by atoms with van der Waals surface area (Å²) in [6.07, 6.45) is -4.24. The minimum atomic E-state index is -2.96. The lowest BCUT2D eigenvalue weighted by Crippen LogP contribution is -2.44. The van der Waals surface area contributed by atoms with Gasteiger partial charge in [-0.3, -0.25) is 9.59 Å². The maximum atomic E-state index is 13.4. The van der Waals surface area contributed by atoms with E-state index in [1.807, 2.05) is 48.5 Å². The lowest BCUT2D eigenvalue weighted by atomic mass is 9.98. The number of hydrogen-bond acceptors (Lipinski definition) is 4. The minimum absolute atomic E-state index is 0.0243. The fourth-order valence-electron chi connectivity index (χ4n) is 4.12. The van der Waals surface area contributed by atoms with Crippen molar-refractivity contribution in [3.05, 3.63) is 59.7 Å². The van der Waals surface area contributed by atoms with Crippen molar-refractivity contribution >= 4 is 18.0 Å². The van der Waals surface area contributed by atoms with Crippen molar-refractivity contribution in [2.75, 3.05) is 13.2 Å². The second-order valence-corrected chi connectivity index (χ2v) is 8.46. The molecule has 2 aromatic carbocycles. The Bertz CT molecular complexity index is 984. The van der Waals surface area contributed by atoms with Gasteiger partial charge in [0.25, 0.3) is 6.43 Å². The first kappa shape index (κ1) is 25.1. The number of rotatable bonds is 11. The monoisotopic (exact) mass is 474 g/mol. The lowest BCUT2D eigenvalue weighted by molar-refractivity contribution is -0.138. The summed E-state index contributed by atoms with van der Waals surface area (Å²) in [5.41, 5.74) is 4.09. The Labute approximate surface area is 196 Å². The standard InChI is InChI=1S/C25H28F2N2O5/c1-15(12-23(31)32)10-11-28-22(30)13-21(24(26)27)29-25(33)34-14-20-18-8-4-2-6-16(18)17-7-3-5-9-19(17)20/h2-9,15,20-21,24H,10-14H2,1H3,(H,28,30)(H,29,33)(H,31,32). The maximum Gasteiger partial charge on any atom is 0.407 e. The van der Waals surface area contributed by atoms with Crippen molar-refractivity contribution < 1.29 is 33.0 Å². The van der Waals surface area contributed by atoms with E-state index in [-0.39, 0.29) is 31.4 Å². The van der Waals surface area contributed by atoms with Crippen LogP contribution in [-0.4, -0.2) is 48.7 Å². The van der Waals surface area contributed by atoms with E-state index in [2.05, 4.69) is 10.6 Å². The normalized spacial score (nSPS) is 14.1. The van der Waals surface area contributed by atoms with Crippen molar-refractivity contribution in [2.45, 2.75) is 44.6 Å². The van der Waals surface area contributed by atoms with Gasteiger partial charge in [0.15, 0.2) is 0 Å². The van der Waals surface area contributed by atoms with Crippen LogP contribution in [0.3, 0.4) is 0 Å². The number of amides is 2. The van der Waals surface area contributed by atoms with E-state index in [1.54, 1.807) is 6.92 Å². The molecular weight excluding hydrogens is 446 g/mol. The van der Waals surface area contributed by atoms with Gasteiger partial charge in [0.1, 0.15) is 12.6 Å². The number of carboxylic acids is 1. The number of nitrogens with one attached hydrogen (secondary N) is 2. The summed E-state index contributed by atoms with van der Waals surface area (Å²) in [4.78, 5) is 35.0. The van der Waals surface area contributed by atoms with Gasteiger partial charge in [-0.05, 0) is 34.6 Å². The molecule has 2 unspecified atom stereocenters. The van der Waals surface area contributed by atoms with Gasteiger partial charge in [-0.15, -0.1) is 0 Å². The predicted octanol–water partition coefficient (Wildman–Crippen LogP) is 4.17. The highest BCUT2D eigenvalue weighted by atomic mass is 19.3. The van der Waals surface area contributed by atoms with Gasteiger partial charge in [0.05, 0.1) is 6.42 Å². The van der Waals surface area contributed by atoms with Crippen LogP contribution in [0.5, 0.6) is 0 Å². The van der Waals surface area contributed by atoms with Crippen LogP contribution in [0.25, 0.3) is 11.1 Å². The molecule has 0 fully saturated rings. The van der Waals surface area contributed by atoms with E-state index in [0.29, 0.717) is 6.42 Å². The molecule has 2 amide bonds. The van der Waals surface area contributed by atoms with Crippen LogP contribution >= 0.6 is 0 Å². The molecule has 3 N–H and O–H groups in total. The molecule has 9 heteroatoms. The summed E-state index contributed by atoms with van der Waals surface area (Å²) in [5.74, 6) is -1.97. The number of carboxylic acid groups (broad SMARTS) is 1. The Hall–Kier alpha value is -3.49. The summed E-state index contributed by atoms with van der Waals surface area (Å²) in [5, 5.41) is 13.3. The van der Waals surface area contributed by atoms with E-state index in [4.69, 9.17) is 9.84 Å². The second kappa shape index (κ2) is 11.6. The molecular formula is C25H28F2N2O5. The molecule has 3 rings (SSSR count). The molecule has 1 aliphatic rings. The predicted molar refractivity (Wildman–Crippen MR) is 122 cm³/mol. The Morgan fingerprint density at radius 2 is 1.59 bits per heavy atom. The van der Waals surface area contributed by atoms with Crippen LogP contribution in [0.1, 0.15) is 43.2 Å². The molecule has 1 aliphatic carbocycles. The van der Waals surface area contributed by atoms with Crippen molar-refractivity contribution in [1.82, 2.24) is 10.6 Å². The maximum absolute atomic E-state index is 13.4. The van der Waals surface area contributed by atoms with Gasteiger partial charge in [0, 0.05) is 18.9 Å². The van der Waals surface area contributed by atoms with E-state index < -0.39 is 36.9 Å².